The third kappa shape index (κ3) is 4.15. The molecule has 1 aromatic carbocycles. The molecular formula is C13H12N2OS2. The van der Waals surface area contributed by atoms with Crippen molar-refractivity contribution in [1.29, 1.82) is 0 Å². The molecule has 2 aromatic rings. The van der Waals surface area contributed by atoms with Gasteiger partial charge in [-0.3, -0.25) is 0 Å². The van der Waals surface area contributed by atoms with Gasteiger partial charge in [0.15, 0.2) is 4.34 Å². The van der Waals surface area contributed by atoms with Crippen LogP contribution in [-0.2, 0) is 5.75 Å². The van der Waals surface area contributed by atoms with Gasteiger partial charge in [-0.1, -0.05) is 47.1 Å². The van der Waals surface area contributed by atoms with Crippen LogP contribution < -0.4 is 0 Å². The molecule has 18 heavy (non-hydrogen) atoms. The average molecular weight is 276 g/mol. The normalized spacial score (nSPS) is 9.83. The van der Waals surface area contributed by atoms with Gasteiger partial charge in [-0.2, -0.15) is 0 Å². The standard InChI is InChI=1S/C13H12N2OS2/c16-8-2-1-3-11-4-6-12(7-5-11)9-17-13-15-14-10-18-13/h4-7,10,16H,2,8-9H2. The molecule has 0 fully saturated rings. The minimum absolute atomic E-state index is 0.115. The van der Waals surface area contributed by atoms with Crippen LogP contribution in [0, 0.1) is 11.8 Å². The van der Waals surface area contributed by atoms with Crippen molar-refractivity contribution >= 4 is 23.1 Å². The summed E-state index contributed by atoms with van der Waals surface area (Å²) in [4.78, 5) is 0. The third-order valence-electron chi connectivity index (χ3n) is 2.13. The first-order valence-corrected chi connectivity index (χ1v) is 7.32. The van der Waals surface area contributed by atoms with Crippen LogP contribution in [-0.4, -0.2) is 21.9 Å². The zero-order valence-electron chi connectivity index (χ0n) is 9.67. The molecule has 0 atom stereocenters. The molecule has 0 radical (unpaired) electrons. The molecule has 2 rings (SSSR count). The van der Waals surface area contributed by atoms with E-state index >= 15 is 0 Å². The molecule has 0 unspecified atom stereocenters. The summed E-state index contributed by atoms with van der Waals surface area (Å²) in [6.45, 7) is 0.115. The largest absolute Gasteiger partial charge is 0.395 e. The summed E-state index contributed by atoms with van der Waals surface area (Å²) in [6, 6.07) is 8.13. The van der Waals surface area contributed by atoms with Crippen LogP contribution >= 0.6 is 23.1 Å². The molecule has 0 aliphatic heterocycles. The first-order valence-electron chi connectivity index (χ1n) is 5.46. The number of aromatic nitrogens is 2. The van der Waals surface area contributed by atoms with Crippen molar-refractivity contribution in [2.45, 2.75) is 16.5 Å². The maximum Gasteiger partial charge on any atom is 0.174 e. The predicted molar refractivity (Wildman–Crippen MR) is 74.5 cm³/mol. The molecule has 3 nitrogen and oxygen atoms in total. The molecule has 1 aromatic heterocycles. The summed E-state index contributed by atoms with van der Waals surface area (Å²) in [5.41, 5.74) is 3.96. The summed E-state index contributed by atoms with van der Waals surface area (Å²) in [5, 5.41) is 16.4. The van der Waals surface area contributed by atoms with E-state index in [0.717, 1.165) is 15.7 Å². The van der Waals surface area contributed by atoms with Gasteiger partial charge in [-0.25, -0.2) is 0 Å². The lowest BCUT2D eigenvalue weighted by atomic mass is 10.1. The summed E-state index contributed by atoms with van der Waals surface area (Å²) in [5.74, 6) is 6.80. The fraction of sp³-hybridized carbons (Fsp3) is 0.231. The van der Waals surface area contributed by atoms with Gasteiger partial charge in [0.1, 0.15) is 5.51 Å². The predicted octanol–water partition coefficient (Wildman–Crippen LogP) is 2.56. The number of hydrogen-bond acceptors (Lipinski definition) is 5. The van der Waals surface area contributed by atoms with E-state index in [0.29, 0.717) is 6.42 Å². The van der Waals surface area contributed by atoms with Crippen LogP contribution in [0.25, 0.3) is 0 Å². The zero-order chi connectivity index (χ0) is 12.6. The highest BCUT2D eigenvalue weighted by atomic mass is 32.2. The Bertz CT molecular complexity index is 526. The molecule has 0 saturated heterocycles. The molecule has 0 amide bonds. The molecular weight excluding hydrogens is 264 g/mol. The van der Waals surface area contributed by atoms with E-state index in [1.807, 2.05) is 12.1 Å². The molecule has 1 heterocycles. The number of aliphatic hydroxyl groups excluding tert-OH is 1. The van der Waals surface area contributed by atoms with Crippen molar-refractivity contribution in [3.63, 3.8) is 0 Å². The first-order chi connectivity index (χ1) is 8.88. The Balaban J connectivity index is 1.90. The number of benzene rings is 1. The molecule has 5 heteroatoms. The number of rotatable bonds is 4. The molecule has 0 aliphatic rings. The monoisotopic (exact) mass is 276 g/mol. The molecule has 0 spiro atoms. The fourth-order valence-corrected chi connectivity index (χ4v) is 2.72. The Morgan fingerprint density at radius 3 is 2.78 bits per heavy atom. The van der Waals surface area contributed by atoms with Crippen molar-refractivity contribution in [1.82, 2.24) is 10.2 Å². The van der Waals surface area contributed by atoms with Gasteiger partial charge in [0.25, 0.3) is 0 Å². The van der Waals surface area contributed by atoms with Crippen molar-refractivity contribution in [2.24, 2.45) is 0 Å². The zero-order valence-corrected chi connectivity index (χ0v) is 11.3. The van der Waals surface area contributed by atoms with Gasteiger partial charge in [-0.05, 0) is 17.7 Å². The highest BCUT2D eigenvalue weighted by molar-refractivity contribution is 8.00. The van der Waals surface area contributed by atoms with Crippen LogP contribution in [0.2, 0.25) is 0 Å². The van der Waals surface area contributed by atoms with Crippen LogP contribution in [0.3, 0.4) is 0 Å². The van der Waals surface area contributed by atoms with Crippen LogP contribution in [0.1, 0.15) is 17.5 Å². The maximum atomic E-state index is 8.63. The second-order valence-electron chi connectivity index (χ2n) is 3.47. The van der Waals surface area contributed by atoms with E-state index < -0.39 is 0 Å². The Labute approximate surface area is 114 Å². The smallest absolute Gasteiger partial charge is 0.174 e. The van der Waals surface area contributed by atoms with Crippen LogP contribution in [0.4, 0.5) is 0 Å². The number of aliphatic hydroxyl groups is 1. The lowest BCUT2D eigenvalue weighted by Crippen LogP contribution is -1.82. The van der Waals surface area contributed by atoms with Gasteiger partial charge in [0.05, 0.1) is 6.61 Å². The Kier molecular flexibility index (Phi) is 5.21. The van der Waals surface area contributed by atoms with Crippen LogP contribution in [0.15, 0.2) is 34.1 Å². The lowest BCUT2D eigenvalue weighted by Gasteiger charge is -1.98. The van der Waals surface area contributed by atoms with Gasteiger partial charge in [0, 0.05) is 17.7 Å². The van der Waals surface area contributed by atoms with E-state index in [1.54, 1.807) is 28.6 Å². The Morgan fingerprint density at radius 2 is 2.11 bits per heavy atom. The Morgan fingerprint density at radius 1 is 1.28 bits per heavy atom. The number of hydrogen-bond donors (Lipinski definition) is 1. The summed E-state index contributed by atoms with van der Waals surface area (Å²) in [7, 11) is 0. The topological polar surface area (TPSA) is 46.0 Å². The molecule has 0 bridgehead atoms. The first kappa shape index (κ1) is 13.1. The molecule has 1 N–H and O–H groups in total. The lowest BCUT2D eigenvalue weighted by molar-refractivity contribution is 0.305. The molecule has 92 valence electrons. The second-order valence-corrected chi connectivity index (χ2v) is 5.52. The number of thioether (sulfide) groups is 1. The van der Waals surface area contributed by atoms with E-state index in [4.69, 9.17) is 5.11 Å². The van der Waals surface area contributed by atoms with Crippen molar-refractivity contribution < 1.29 is 5.11 Å². The van der Waals surface area contributed by atoms with Crippen LogP contribution in [0.5, 0.6) is 0 Å². The van der Waals surface area contributed by atoms with Crippen molar-refractivity contribution in [3.05, 3.63) is 40.9 Å². The van der Waals surface area contributed by atoms with Gasteiger partial charge >= 0.3 is 0 Å². The molecule has 0 saturated carbocycles. The van der Waals surface area contributed by atoms with E-state index in [-0.39, 0.29) is 6.61 Å². The summed E-state index contributed by atoms with van der Waals surface area (Å²) < 4.78 is 0.988. The number of nitrogens with zero attached hydrogens (tertiary/aromatic N) is 2. The van der Waals surface area contributed by atoms with E-state index in [9.17, 15) is 0 Å². The third-order valence-corrected chi connectivity index (χ3v) is 4.06. The van der Waals surface area contributed by atoms with E-state index in [2.05, 4.69) is 34.2 Å². The van der Waals surface area contributed by atoms with Gasteiger partial charge in [-0.15, -0.1) is 10.2 Å². The highest BCUT2D eigenvalue weighted by Crippen LogP contribution is 2.23. The van der Waals surface area contributed by atoms with Gasteiger partial charge < -0.3 is 5.11 Å². The quantitative estimate of drug-likeness (QED) is 0.688. The summed E-state index contributed by atoms with van der Waals surface area (Å²) in [6.07, 6.45) is 0.522. The highest BCUT2D eigenvalue weighted by Gasteiger charge is 1.99. The maximum absolute atomic E-state index is 8.63. The van der Waals surface area contributed by atoms with Crippen molar-refractivity contribution in [3.8, 4) is 11.8 Å². The Hall–Kier alpha value is -1.35. The second kappa shape index (κ2) is 7.17. The van der Waals surface area contributed by atoms with Gasteiger partial charge in [0.2, 0.25) is 0 Å². The minimum Gasteiger partial charge on any atom is -0.395 e. The fourth-order valence-electron chi connectivity index (χ4n) is 1.28. The minimum atomic E-state index is 0.115. The average Bonchev–Trinajstić information content (AvgIpc) is 2.91. The van der Waals surface area contributed by atoms with Crippen molar-refractivity contribution in [2.75, 3.05) is 6.61 Å². The molecule has 0 aliphatic carbocycles. The van der Waals surface area contributed by atoms with E-state index in [1.165, 1.54) is 5.56 Å². The SMILES string of the molecule is OCCC#Cc1ccc(CSc2nncs2)cc1. The summed E-state index contributed by atoms with van der Waals surface area (Å²) >= 11 is 3.24.